The zero-order valence-electron chi connectivity index (χ0n) is 14.0. The van der Waals surface area contributed by atoms with E-state index in [1.165, 1.54) is 24.3 Å². The summed E-state index contributed by atoms with van der Waals surface area (Å²) in [6.45, 7) is 3.09. The molecular weight excluding hydrogens is 338 g/mol. The van der Waals surface area contributed by atoms with Gasteiger partial charge in [-0.05, 0) is 37.3 Å². The molecule has 0 amide bonds. The van der Waals surface area contributed by atoms with E-state index < -0.39 is 11.6 Å². The average molecular weight is 354 g/mol. The van der Waals surface area contributed by atoms with Gasteiger partial charge >= 0.3 is 0 Å². The number of halogens is 2. The van der Waals surface area contributed by atoms with Crippen LogP contribution < -0.4 is 0 Å². The highest BCUT2D eigenvalue weighted by Gasteiger charge is 2.14. The third-order valence-corrected chi connectivity index (χ3v) is 4.34. The summed E-state index contributed by atoms with van der Waals surface area (Å²) in [6.07, 6.45) is 3.40. The van der Waals surface area contributed by atoms with Crippen LogP contribution in [0.3, 0.4) is 0 Å². The second kappa shape index (κ2) is 6.25. The molecule has 2 heterocycles. The third kappa shape index (κ3) is 2.71. The van der Waals surface area contributed by atoms with Gasteiger partial charge in [0, 0.05) is 30.6 Å². The van der Waals surface area contributed by atoms with Gasteiger partial charge < -0.3 is 14.2 Å². The Balaban J connectivity index is 1.76. The van der Waals surface area contributed by atoms with Crippen LogP contribution in [0.15, 0.2) is 48.8 Å². The number of benzene rings is 2. The van der Waals surface area contributed by atoms with Gasteiger partial charge in [-0.2, -0.15) is 0 Å². The van der Waals surface area contributed by atoms with Crippen molar-refractivity contribution in [1.29, 1.82) is 0 Å². The SMILES string of the molecule is CCn1c(Cn2ccnc2-c2ccc(O)c(F)c2)nc2cc(F)ccc21. The Morgan fingerprint density at radius 2 is 1.96 bits per heavy atom. The predicted molar refractivity (Wildman–Crippen MR) is 93.8 cm³/mol. The second-order valence-corrected chi connectivity index (χ2v) is 5.95. The number of fused-ring (bicyclic) bond motifs is 1. The average Bonchev–Trinajstić information content (AvgIpc) is 3.21. The fourth-order valence-electron chi connectivity index (χ4n) is 3.12. The first-order chi connectivity index (χ1) is 12.6. The van der Waals surface area contributed by atoms with Crippen molar-refractivity contribution >= 4 is 11.0 Å². The van der Waals surface area contributed by atoms with Crippen LogP contribution in [0.1, 0.15) is 12.7 Å². The molecule has 1 N–H and O–H groups in total. The van der Waals surface area contributed by atoms with Gasteiger partial charge in [0.05, 0.1) is 17.6 Å². The van der Waals surface area contributed by atoms with Crippen molar-refractivity contribution in [3.05, 3.63) is 66.3 Å². The Bertz CT molecular complexity index is 1100. The van der Waals surface area contributed by atoms with Crippen LogP contribution in [0.4, 0.5) is 8.78 Å². The molecule has 0 aliphatic carbocycles. The zero-order chi connectivity index (χ0) is 18.3. The van der Waals surface area contributed by atoms with Crippen molar-refractivity contribution in [2.45, 2.75) is 20.0 Å². The number of nitrogens with zero attached hydrogens (tertiary/aromatic N) is 4. The molecular formula is C19H16F2N4O. The number of phenolic OH excluding ortho intramolecular Hbond substituents is 1. The molecule has 4 rings (SSSR count). The topological polar surface area (TPSA) is 55.9 Å². The van der Waals surface area contributed by atoms with Crippen molar-refractivity contribution in [2.75, 3.05) is 0 Å². The van der Waals surface area contributed by atoms with E-state index in [4.69, 9.17) is 0 Å². The molecule has 0 unspecified atom stereocenters. The van der Waals surface area contributed by atoms with Gasteiger partial charge in [-0.25, -0.2) is 18.7 Å². The van der Waals surface area contributed by atoms with Crippen LogP contribution >= 0.6 is 0 Å². The third-order valence-electron chi connectivity index (χ3n) is 4.34. The molecule has 0 saturated carbocycles. The minimum Gasteiger partial charge on any atom is -0.505 e. The zero-order valence-corrected chi connectivity index (χ0v) is 14.0. The highest BCUT2D eigenvalue weighted by atomic mass is 19.1. The first-order valence-corrected chi connectivity index (χ1v) is 8.21. The van der Waals surface area contributed by atoms with E-state index in [-0.39, 0.29) is 5.82 Å². The normalized spacial score (nSPS) is 11.3. The second-order valence-electron chi connectivity index (χ2n) is 5.95. The molecule has 0 fully saturated rings. The minimum absolute atomic E-state index is 0.326. The van der Waals surface area contributed by atoms with E-state index >= 15 is 0 Å². The maximum Gasteiger partial charge on any atom is 0.165 e. The Hall–Kier alpha value is -3.22. The molecule has 4 aromatic rings. The van der Waals surface area contributed by atoms with Gasteiger partial charge in [-0.15, -0.1) is 0 Å². The number of imidazole rings is 2. The van der Waals surface area contributed by atoms with Crippen LogP contribution in [0.5, 0.6) is 5.75 Å². The highest BCUT2D eigenvalue weighted by Crippen LogP contribution is 2.25. The summed E-state index contributed by atoms with van der Waals surface area (Å²) in [5, 5.41) is 9.37. The summed E-state index contributed by atoms with van der Waals surface area (Å²) in [5.74, 6) is -0.112. The lowest BCUT2D eigenvalue weighted by atomic mass is 10.2. The molecule has 0 aliphatic rings. The molecule has 2 aromatic carbocycles. The van der Waals surface area contributed by atoms with Gasteiger partial charge in [0.2, 0.25) is 0 Å². The standard InChI is InChI=1S/C19H16F2N4O/c1-2-25-16-5-4-13(20)10-15(16)23-18(25)11-24-8-7-22-19(24)12-3-6-17(26)14(21)9-12/h3-10,26H,2,11H2,1H3. The Kier molecular flexibility index (Phi) is 3.91. The number of rotatable bonds is 4. The lowest BCUT2D eigenvalue weighted by Gasteiger charge is -2.10. The lowest BCUT2D eigenvalue weighted by molar-refractivity contribution is 0.432. The first kappa shape index (κ1) is 16.3. The Morgan fingerprint density at radius 3 is 2.73 bits per heavy atom. The summed E-state index contributed by atoms with van der Waals surface area (Å²) in [4.78, 5) is 8.84. The summed E-state index contributed by atoms with van der Waals surface area (Å²) in [5.41, 5.74) is 2.01. The fourth-order valence-corrected chi connectivity index (χ4v) is 3.12. The Morgan fingerprint density at radius 1 is 1.12 bits per heavy atom. The van der Waals surface area contributed by atoms with Crippen LogP contribution in [0, 0.1) is 11.6 Å². The molecule has 0 bridgehead atoms. The molecule has 5 nitrogen and oxygen atoms in total. The predicted octanol–water partition coefficient (Wildman–Crippen LogP) is 3.95. The summed E-state index contributed by atoms with van der Waals surface area (Å²) in [7, 11) is 0. The maximum absolute atomic E-state index is 13.7. The fraction of sp³-hybridized carbons (Fsp3) is 0.158. The number of aromatic nitrogens is 4. The van der Waals surface area contributed by atoms with Crippen LogP contribution in [0.2, 0.25) is 0 Å². The molecule has 0 atom stereocenters. The molecule has 2 aromatic heterocycles. The van der Waals surface area contributed by atoms with Crippen LogP contribution in [0.25, 0.3) is 22.4 Å². The van der Waals surface area contributed by atoms with E-state index in [0.29, 0.717) is 30.0 Å². The van der Waals surface area contributed by atoms with E-state index in [1.54, 1.807) is 24.5 Å². The highest BCUT2D eigenvalue weighted by molar-refractivity contribution is 5.76. The van der Waals surface area contributed by atoms with Crippen molar-refractivity contribution in [3.63, 3.8) is 0 Å². The lowest BCUT2D eigenvalue weighted by Crippen LogP contribution is -2.08. The first-order valence-electron chi connectivity index (χ1n) is 8.21. The van der Waals surface area contributed by atoms with E-state index in [1.807, 2.05) is 16.1 Å². The summed E-state index contributed by atoms with van der Waals surface area (Å²) < 4.78 is 31.0. The molecule has 0 radical (unpaired) electrons. The van der Waals surface area contributed by atoms with Gasteiger partial charge in [0.1, 0.15) is 17.5 Å². The molecule has 0 spiro atoms. The molecule has 7 heteroatoms. The molecule has 132 valence electrons. The molecule has 26 heavy (non-hydrogen) atoms. The van der Waals surface area contributed by atoms with Crippen molar-refractivity contribution < 1.29 is 13.9 Å². The van der Waals surface area contributed by atoms with Crippen molar-refractivity contribution in [1.82, 2.24) is 19.1 Å². The van der Waals surface area contributed by atoms with Crippen molar-refractivity contribution in [2.24, 2.45) is 0 Å². The van der Waals surface area contributed by atoms with Crippen LogP contribution in [-0.4, -0.2) is 24.2 Å². The number of hydrogen-bond donors (Lipinski definition) is 1. The Labute approximate surface area is 148 Å². The molecule has 0 saturated heterocycles. The van der Waals surface area contributed by atoms with Crippen LogP contribution in [-0.2, 0) is 13.1 Å². The number of aryl methyl sites for hydroxylation is 1. The van der Waals surface area contributed by atoms with E-state index in [2.05, 4.69) is 9.97 Å². The number of phenols is 1. The summed E-state index contributed by atoms with van der Waals surface area (Å²) in [6, 6.07) is 8.70. The van der Waals surface area contributed by atoms with E-state index in [9.17, 15) is 13.9 Å². The maximum atomic E-state index is 13.7. The molecule has 0 aliphatic heterocycles. The number of aromatic hydroxyl groups is 1. The van der Waals surface area contributed by atoms with E-state index in [0.717, 1.165) is 11.3 Å². The monoisotopic (exact) mass is 354 g/mol. The minimum atomic E-state index is -0.701. The largest absolute Gasteiger partial charge is 0.505 e. The van der Waals surface area contributed by atoms with Gasteiger partial charge in [0.25, 0.3) is 0 Å². The van der Waals surface area contributed by atoms with Gasteiger partial charge in [-0.1, -0.05) is 0 Å². The van der Waals surface area contributed by atoms with Gasteiger partial charge in [-0.3, -0.25) is 0 Å². The van der Waals surface area contributed by atoms with Crippen molar-refractivity contribution in [3.8, 4) is 17.1 Å². The van der Waals surface area contributed by atoms with Gasteiger partial charge in [0.15, 0.2) is 11.6 Å². The summed E-state index contributed by atoms with van der Waals surface area (Å²) >= 11 is 0. The number of hydrogen-bond acceptors (Lipinski definition) is 3. The smallest absolute Gasteiger partial charge is 0.165 e. The quantitative estimate of drug-likeness (QED) is 0.604.